The van der Waals surface area contributed by atoms with Gasteiger partial charge in [-0.3, -0.25) is 4.98 Å². The quantitative estimate of drug-likeness (QED) is 0.729. The van der Waals surface area contributed by atoms with Gasteiger partial charge in [-0.15, -0.1) is 0 Å². The Balaban J connectivity index is 1.62. The summed E-state index contributed by atoms with van der Waals surface area (Å²) in [6, 6.07) is 16.8. The number of nitrogens with one attached hydrogen (secondary N) is 1. The van der Waals surface area contributed by atoms with Gasteiger partial charge in [0.25, 0.3) is 0 Å². The highest BCUT2D eigenvalue weighted by Crippen LogP contribution is 2.31. The van der Waals surface area contributed by atoms with Crippen molar-refractivity contribution >= 4 is 10.9 Å². The van der Waals surface area contributed by atoms with Gasteiger partial charge in [-0.25, -0.2) is 0 Å². The molecule has 3 heteroatoms. The molecule has 0 bridgehead atoms. The van der Waals surface area contributed by atoms with Crippen LogP contribution in [0.4, 0.5) is 0 Å². The molecule has 2 aromatic carbocycles. The smallest absolute Gasteiger partial charge is 0.116 e. The van der Waals surface area contributed by atoms with Crippen LogP contribution < -0.4 is 5.32 Å². The largest absolute Gasteiger partial charge is 0.508 e. The third-order valence-corrected chi connectivity index (χ3v) is 5.12. The highest BCUT2D eigenvalue weighted by Gasteiger charge is 2.13. The second-order valence-corrected chi connectivity index (χ2v) is 6.95. The number of piperidine rings is 1. The summed E-state index contributed by atoms with van der Waals surface area (Å²) in [6.07, 6.45) is 7.81. The number of pyridine rings is 1. The summed E-state index contributed by atoms with van der Waals surface area (Å²) >= 11 is 0. The fourth-order valence-electron chi connectivity index (χ4n) is 3.82. The molecule has 1 aromatic heterocycles. The van der Waals surface area contributed by atoms with Crippen LogP contribution in [0, 0.1) is 0 Å². The van der Waals surface area contributed by atoms with Gasteiger partial charge >= 0.3 is 0 Å². The summed E-state index contributed by atoms with van der Waals surface area (Å²) in [7, 11) is 0. The number of benzene rings is 2. The van der Waals surface area contributed by atoms with Gasteiger partial charge in [0, 0.05) is 23.2 Å². The molecule has 4 rings (SSSR count). The van der Waals surface area contributed by atoms with E-state index in [4.69, 9.17) is 0 Å². The van der Waals surface area contributed by atoms with Crippen molar-refractivity contribution in [2.24, 2.45) is 0 Å². The highest BCUT2D eigenvalue weighted by molar-refractivity contribution is 5.93. The van der Waals surface area contributed by atoms with E-state index in [2.05, 4.69) is 40.6 Å². The SMILES string of the molecule is Oc1cc(CCC2CCCCN2)cc(-c2cccc3cccnc23)c1. The molecule has 25 heavy (non-hydrogen) atoms. The maximum atomic E-state index is 10.2. The highest BCUT2D eigenvalue weighted by atomic mass is 16.3. The van der Waals surface area contributed by atoms with Crippen LogP contribution in [-0.2, 0) is 6.42 Å². The van der Waals surface area contributed by atoms with Crippen LogP contribution in [0.3, 0.4) is 0 Å². The lowest BCUT2D eigenvalue weighted by molar-refractivity contribution is 0.382. The first kappa shape index (κ1) is 16.1. The van der Waals surface area contributed by atoms with E-state index in [0.29, 0.717) is 11.8 Å². The lowest BCUT2D eigenvalue weighted by atomic mass is 9.95. The molecule has 1 aliphatic rings. The van der Waals surface area contributed by atoms with Crippen molar-refractivity contribution < 1.29 is 5.11 Å². The average molecular weight is 332 g/mol. The van der Waals surface area contributed by atoms with E-state index in [0.717, 1.165) is 41.4 Å². The zero-order chi connectivity index (χ0) is 17.1. The summed E-state index contributed by atoms with van der Waals surface area (Å²) < 4.78 is 0. The van der Waals surface area contributed by atoms with E-state index < -0.39 is 0 Å². The fourth-order valence-corrected chi connectivity index (χ4v) is 3.82. The Morgan fingerprint density at radius 1 is 1.08 bits per heavy atom. The molecule has 1 fully saturated rings. The van der Waals surface area contributed by atoms with Crippen LogP contribution in [-0.4, -0.2) is 22.7 Å². The Morgan fingerprint density at radius 2 is 2.00 bits per heavy atom. The maximum Gasteiger partial charge on any atom is 0.116 e. The van der Waals surface area contributed by atoms with Gasteiger partial charge < -0.3 is 10.4 Å². The predicted molar refractivity (Wildman–Crippen MR) is 103 cm³/mol. The normalized spacial score (nSPS) is 17.7. The monoisotopic (exact) mass is 332 g/mol. The first-order chi connectivity index (χ1) is 12.3. The lowest BCUT2D eigenvalue weighted by Crippen LogP contribution is -2.34. The molecule has 3 nitrogen and oxygen atoms in total. The van der Waals surface area contributed by atoms with E-state index in [1.54, 1.807) is 0 Å². The zero-order valence-corrected chi connectivity index (χ0v) is 14.4. The van der Waals surface area contributed by atoms with E-state index in [1.807, 2.05) is 24.4 Å². The Kier molecular flexibility index (Phi) is 4.66. The summed E-state index contributed by atoms with van der Waals surface area (Å²) in [6.45, 7) is 1.14. The zero-order valence-electron chi connectivity index (χ0n) is 14.4. The average Bonchev–Trinajstić information content (AvgIpc) is 2.66. The van der Waals surface area contributed by atoms with Crippen LogP contribution in [0.15, 0.2) is 54.7 Å². The molecular weight excluding hydrogens is 308 g/mol. The molecule has 128 valence electrons. The third kappa shape index (κ3) is 3.67. The number of phenols is 1. The Morgan fingerprint density at radius 3 is 2.88 bits per heavy atom. The number of hydrogen-bond donors (Lipinski definition) is 2. The number of fused-ring (bicyclic) bond motifs is 1. The van der Waals surface area contributed by atoms with E-state index in [9.17, 15) is 5.11 Å². The van der Waals surface area contributed by atoms with E-state index in [1.165, 1.54) is 24.8 Å². The Labute approximate surface area is 148 Å². The molecule has 3 aromatic rings. The van der Waals surface area contributed by atoms with Crippen molar-refractivity contribution in [2.75, 3.05) is 6.54 Å². The topological polar surface area (TPSA) is 45.1 Å². The minimum atomic E-state index is 0.331. The minimum Gasteiger partial charge on any atom is -0.508 e. The van der Waals surface area contributed by atoms with Gasteiger partial charge in [0.2, 0.25) is 0 Å². The van der Waals surface area contributed by atoms with E-state index in [-0.39, 0.29) is 0 Å². The molecular formula is C22H24N2O. The number of para-hydroxylation sites is 1. The molecule has 0 spiro atoms. The first-order valence-electron chi connectivity index (χ1n) is 9.20. The number of aromatic hydroxyl groups is 1. The number of hydrogen-bond acceptors (Lipinski definition) is 3. The Bertz CT molecular complexity index is 864. The van der Waals surface area contributed by atoms with Crippen LogP contribution in [0.1, 0.15) is 31.2 Å². The van der Waals surface area contributed by atoms with Gasteiger partial charge in [-0.2, -0.15) is 0 Å². The molecule has 1 unspecified atom stereocenters. The molecule has 0 aliphatic carbocycles. The number of nitrogens with zero attached hydrogens (tertiary/aromatic N) is 1. The van der Waals surface area contributed by atoms with Crippen molar-refractivity contribution in [3.8, 4) is 16.9 Å². The van der Waals surface area contributed by atoms with Gasteiger partial charge in [0.1, 0.15) is 5.75 Å². The molecule has 0 radical (unpaired) electrons. The predicted octanol–water partition coefficient (Wildman–Crippen LogP) is 4.68. The molecule has 2 N–H and O–H groups in total. The van der Waals surface area contributed by atoms with Gasteiger partial charge in [-0.05, 0) is 61.6 Å². The first-order valence-corrected chi connectivity index (χ1v) is 9.20. The number of aromatic nitrogens is 1. The molecule has 1 atom stereocenters. The number of rotatable bonds is 4. The van der Waals surface area contributed by atoms with Crippen molar-refractivity contribution in [3.63, 3.8) is 0 Å². The van der Waals surface area contributed by atoms with Crippen LogP contribution in [0.5, 0.6) is 5.75 Å². The van der Waals surface area contributed by atoms with Gasteiger partial charge in [-0.1, -0.05) is 36.8 Å². The molecule has 0 amide bonds. The van der Waals surface area contributed by atoms with Gasteiger partial charge in [0.05, 0.1) is 5.52 Å². The maximum absolute atomic E-state index is 10.2. The van der Waals surface area contributed by atoms with Crippen molar-refractivity contribution in [2.45, 2.75) is 38.1 Å². The summed E-state index contributed by atoms with van der Waals surface area (Å²) in [5.74, 6) is 0.331. The molecule has 1 saturated heterocycles. The molecule has 0 saturated carbocycles. The standard InChI is InChI=1S/C22H24N2O/c25-20-14-16(9-10-19-7-1-2-11-23-19)13-18(15-20)21-8-3-5-17-6-4-12-24-22(17)21/h3-6,8,12-15,19,23,25H,1-2,7,9-11H2. The van der Waals surface area contributed by atoms with Crippen molar-refractivity contribution in [1.82, 2.24) is 10.3 Å². The minimum absolute atomic E-state index is 0.331. The molecule has 2 heterocycles. The van der Waals surface area contributed by atoms with Crippen molar-refractivity contribution in [1.29, 1.82) is 0 Å². The lowest BCUT2D eigenvalue weighted by Gasteiger charge is -2.23. The Hall–Kier alpha value is -2.39. The van der Waals surface area contributed by atoms with Crippen molar-refractivity contribution in [3.05, 3.63) is 60.3 Å². The van der Waals surface area contributed by atoms with Crippen LogP contribution in [0.25, 0.3) is 22.0 Å². The number of aryl methyl sites for hydroxylation is 1. The summed E-state index contributed by atoms with van der Waals surface area (Å²) in [4.78, 5) is 4.54. The second-order valence-electron chi connectivity index (χ2n) is 6.95. The summed E-state index contributed by atoms with van der Waals surface area (Å²) in [5.41, 5.74) is 4.28. The second kappa shape index (κ2) is 7.24. The third-order valence-electron chi connectivity index (χ3n) is 5.12. The number of phenolic OH excluding ortho intramolecular Hbond substituents is 1. The van der Waals surface area contributed by atoms with Crippen LogP contribution >= 0.6 is 0 Å². The van der Waals surface area contributed by atoms with Gasteiger partial charge in [0.15, 0.2) is 0 Å². The fraction of sp³-hybridized carbons (Fsp3) is 0.318. The van der Waals surface area contributed by atoms with Crippen LogP contribution in [0.2, 0.25) is 0 Å². The molecule has 1 aliphatic heterocycles. The summed E-state index contributed by atoms with van der Waals surface area (Å²) in [5, 5.41) is 15.0. The van der Waals surface area contributed by atoms with E-state index >= 15 is 0 Å².